The van der Waals surface area contributed by atoms with Gasteiger partial charge < -0.3 is 4.98 Å². The summed E-state index contributed by atoms with van der Waals surface area (Å²) in [7, 11) is 0. The molecule has 1 aliphatic heterocycles. The lowest BCUT2D eigenvalue weighted by molar-refractivity contribution is 0.203. The average molecular weight is 448 g/mol. The van der Waals surface area contributed by atoms with Gasteiger partial charge in [0.05, 0.1) is 15.6 Å². The summed E-state index contributed by atoms with van der Waals surface area (Å²) in [5.41, 5.74) is 6.01. The summed E-state index contributed by atoms with van der Waals surface area (Å²) >= 11 is 8.00. The van der Waals surface area contributed by atoms with E-state index in [0.29, 0.717) is 5.92 Å². The normalized spacial score (nSPS) is 15.4. The standard InChI is InChI=1S/C26H26ClN3S/c1-18-4-6-20(7-5-18)25-24(19-8-10-22(27)11-9-19)29-26(31-25)21-12-15-30(16-13-21)17-23-3-2-14-28-23/h2-11,14,21,28H,12-13,15-17H2,1H3. The molecule has 0 bridgehead atoms. The lowest BCUT2D eigenvalue weighted by atomic mass is 9.97. The van der Waals surface area contributed by atoms with Gasteiger partial charge >= 0.3 is 0 Å². The fraction of sp³-hybridized carbons (Fsp3) is 0.269. The molecule has 5 rings (SSSR count). The highest BCUT2D eigenvalue weighted by Gasteiger charge is 2.25. The molecule has 0 unspecified atom stereocenters. The van der Waals surface area contributed by atoms with Crippen molar-refractivity contribution in [2.24, 2.45) is 0 Å². The van der Waals surface area contributed by atoms with Crippen molar-refractivity contribution in [3.8, 4) is 21.7 Å². The summed E-state index contributed by atoms with van der Waals surface area (Å²) in [5, 5.41) is 2.02. The minimum Gasteiger partial charge on any atom is -0.364 e. The molecule has 3 nitrogen and oxygen atoms in total. The fourth-order valence-electron chi connectivity index (χ4n) is 4.26. The minimum absolute atomic E-state index is 0.523. The van der Waals surface area contributed by atoms with Crippen molar-refractivity contribution >= 4 is 22.9 Å². The number of rotatable bonds is 5. The van der Waals surface area contributed by atoms with Crippen LogP contribution in [0.2, 0.25) is 5.02 Å². The quantitative estimate of drug-likeness (QED) is 0.352. The Hall–Kier alpha value is -2.40. The number of nitrogens with one attached hydrogen (secondary N) is 1. The zero-order valence-electron chi connectivity index (χ0n) is 17.6. The van der Waals surface area contributed by atoms with E-state index in [2.05, 4.69) is 65.3 Å². The van der Waals surface area contributed by atoms with Gasteiger partial charge in [0.25, 0.3) is 0 Å². The van der Waals surface area contributed by atoms with Gasteiger partial charge in [-0.05, 0) is 62.7 Å². The maximum absolute atomic E-state index is 6.14. The number of thiazole rings is 1. The maximum atomic E-state index is 6.14. The highest BCUT2D eigenvalue weighted by Crippen LogP contribution is 2.42. The zero-order valence-corrected chi connectivity index (χ0v) is 19.2. The molecule has 5 heteroatoms. The Balaban J connectivity index is 1.41. The first-order valence-electron chi connectivity index (χ1n) is 10.8. The molecule has 0 amide bonds. The van der Waals surface area contributed by atoms with E-state index in [0.717, 1.165) is 48.8 Å². The Morgan fingerprint density at radius 3 is 2.39 bits per heavy atom. The Bertz CT molecular complexity index is 1060. The second kappa shape index (κ2) is 8.99. The molecule has 3 heterocycles. The van der Waals surface area contributed by atoms with Crippen LogP contribution in [0, 0.1) is 6.92 Å². The van der Waals surface area contributed by atoms with Gasteiger partial charge in [-0.25, -0.2) is 4.98 Å². The molecule has 0 aliphatic carbocycles. The van der Waals surface area contributed by atoms with Gasteiger partial charge in [-0.3, -0.25) is 4.90 Å². The molecule has 4 aromatic rings. The highest BCUT2D eigenvalue weighted by atomic mass is 35.5. The third-order valence-electron chi connectivity index (χ3n) is 6.07. The number of nitrogens with zero attached hydrogens (tertiary/aromatic N) is 2. The summed E-state index contributed by atoms with van der Waals surface area (Å²) in [6.45, 7) is 5.35. The largest absolute Gasteiger partial charge is 0.364 e. The van der Waals surface area contributed by atoms with Crippen LogP contribution in [-0.4, -0.2) is 28.0 Å². The van der Waals surface area contributed by atoms with Crippen molar-refractivity contribution in [3.63, 3.8) is 0 Å². The van der Waals surface area contributed by atoms with Gasteiger partial charge in [0.15, 0.2) is 0 Å². The predicted octanol–water partition coefficient (Wildman–Crippen LogP) is 7.15. The number of aromatic amines is 1. The summed E-state index contributed by atoms with van der Waals surface area (Å²) < 4.78 is 0. The van der Waals surface area contributed by atoms with E-state index in [4.69, 9.17) is 16.6 Å². The number of benzene rings is 2. The van der Waals surface area contributed by atoms with Crippen LogP contribution >= 0.6 is 22.9 Å². The second-order valence-corrected chi connectivity index (χ2v) is 9.82. The van der Waals surface area contributed by atoms with Gasteiger partial charge in [-0.1, -0.05) is 53.6 Å². The van der Waals surface area contributed by atoms with Gasteiger partial charge in [-0.15, -0.1) is 11.3 Å². The first-order valence-corrected chi connectivity index (χ1v) is 12.0. The zero-order chi connectivity index (χ0) is 21.2. The molecule has 1 N–H and O–H groups in total. The molecule has 0 spiro atoms. The van der Waals surface area contributed by atoms with E-state index in [9.17, 15) is 0 Å². The minimum atomic E-state index is 0.523. The third kappa shape index (κ3) is 4.62. The van der Waals surface area contributed by atoms with Crippen molar-refractivity contribution in [1.29, 1.82) is 0 Å². The smallest absolute Gasteiger partial charge is 0.0970 e. The van der Waals surface area contributed by atoms with E-state index in [1.165, 1.54) is 26.7 Å². The van der Waals surface area contributed by atoms with Crippen molar-refractivity contribution in [1.82, 2.24) is 14.9 Å². The molecule has 0 saturated carbocycles. The van der Waals surface area contributed by atoms with Crippen LogP contribution in [0.4, 0.5) is 0 Å². The molecular weight excluding hydrogens is 422 g/mol. The first kappa shape index (κ1) is 20.5. The Kier molecular flexibility index (Phi) is 5.95. The van der Waals surface area contributed by atoms with E-state index >= 15 is 0 Å². The average Bonchev–Trinajstić information content (AvgIpc) is 3.46. The van der Waals surface area contributed by atoms with Crippen molar-refractivity contribution in [3.05, 3.63) is 88.1 Å². The summed E-state index contributed by atoms with van der Waals surface area (Å²) in [4.78, 5) is 12.3. The van der Waals surface area contributed by atoms with Crippen LogP contribution in [0.15, 0.2) is 66.9 Å². The monoisotopic (exact) mass is 447 g/mol. The molecular formula is C26H26ClN3S. The van der Waals surface area contributed by atoms with Gasteiger partial charge in [0.1, 0.15) is 0 Å². The van der Waals surface area contributed by atoms with Crippen LogP contribution < -0.4 is 0 Å². The van der Waals surface area contributed by atoms with Crippen LogP contribution in [0.25, 0.3) is 21.7 Å². The molecule has 0 radical (unpaired) electrons. The predicted molar refractivity (Wildman–Crippen MR) is 131 cm³/mol. The summed E-state index contributed by atoms with van der Waals surface area (Å²) in [5.74, 6) is 0.523. The van der Waals surface area contributed by atoms with Gasteiger partial charge in [0.2, 0.25) is 0 Å². The molecule has 158 valence electrons. The van der Waals surface area contributed by atoms with Crippen LogP contribution in [0.5, 0.6) is 0 Å². The fourth-order valence-corrected chi connectivity index (χ4v) is 5.65. The number of H-pyrrole nitrogens is 1. The Morgan fingerprint density at radius 2 is 1.71 bits per heavy atom. The Morgan fingerprint density at radius 1 is 1.00 bits per heavy atom. The lowest BCUT2D eigenvalue weighted by Crippen LogP contribution is -2.32. The number of hydrogen-bond donors (Lipinski definition) is 1. The third-order valence-corrected chi connectivity index (χ3v) is 7.59. The highest BCUT2D eigenvalue weighted by molar-refractivity contribution is 7.15. The molecule has 1 aliphatic rings. The van der Waals surface area contributed by atoms with Crippen molar-refractivity contribution in [2.75, 3.05) is 13.1 Å². The SMILES string of the molecule is Cc1ccc(-c2sc(C3CCN(Cc4ccc[nH]4)CC3)nc2-c2ccc(Cl)cc2)cc1. The van der Waals surface area contributed by atoms with Gasteiger partial charge in [0, 0.05) is 34.9 Å². The van der Waals surface area contributed by atoms with E-state index in [1.807, 2.05) is 29.7 Å². The molecule has 2 aromatic heterocycles. The van der Waals surface area contributed by atoms with E-state index in [1.54, 1.807) is 0 Å². The summed E-state index contributed by atoms with van der Waals surface area (Å²) in [6, 6.07) is 21.1. The van der Waals surface area contributed by atoms with E-state index < -0.39 is 0 Å². The maximum Gasteiger partial charge on any atom is 0.0970 e. The van der Waals surface area contributed by atoms with Crippen LogP contribution in [0.1, 0.15) is 35.0 Å². The molecule has 1 saturated heterocycles. The second-order valence-electron chi connectivity index (χ2n) is 8.35. The molecule has 31 heavy (non-hydrogen) atoms. The molecule has 0 atom stereocenters. The number of aromatic nitrogens is 2. The number of likely N-dealkylation sites (tertiary alicyclic amines) is 1. The summed E-state index contributed by atoms with van der Waals surface area (Å²) in [6.07, 6.45) is 4.31. The van der Waals surface area contributed by atoms with Gasteiger partial charge in [-0.2, -0.15) is 0 Å². The van der Waals surface area contributed by atoms with Crippen LogP contribution in [0.3, 0.4) is 0 Å². The Labute approximate surface area is 192 Å². The lowest BCUT2D eigenvalue weighted by Gasteiger charge is -2.30. The number of piperidine rings is 1. The van der Waals surface area contributed by atoms with E-state index in [-0.39, 0.29) is 0 Å². The topological polar surface area (TPSA) is 31.9 Å². The molecule has 2 aromatic carbocycles. The first-order chi connectivity index (χ1) is 15.2. The molecule has 1 fully saturated rings. The number of halogens is 1. The number of hydrogen-bond acceptors (Lipinski definition) is 3. The van der Waals surface area contributed by atoms with Crippen LogP contribution in [-0.2, 0) is 6.54 Å². The van der Waals surface area contributed by atoms with Crippen molar-refractivity contribution < 1.29 is 0 Å². The van der Waals surface area contributed by atoms with Crippen molar-refractivity contribution in [2.45, 2.75) is 32.2 Å². The number of aryl methyl sites for hydroxylation is 1.